The second-order valence-corrected chi connectivity index (χ2v) is 5.16. The molecule has 1 unspecified atom stereocenters. The molecule has 1 aromatic rings. The number of ether oxygens (including phenoxy) is 1. The Labute approximate surface area is 100 Å². The molecule has 0 spiro atoms. The van der Waals surface area contributed by atoms with Gasteiger partial charge < -0.3 is 4.74 Å². The summed E-state index contributed by atoms with van der Waals surface area (Å²) in [5.74, 6) is -0.437. The third-order valence-corrected chi connectivity index (χ3v) is 2.76. The van der Waals surface area contributed by atoms with Gasteiger partial charge in [0.05, 0.1) is 25.0 Å². The van der Waals surface area contributed by atoms with Gasteiger partial charge in [-0.25, -0.2) is 4.79 Å². The number of carbonyl (C=O) groups excluding carboxylic acids is 1. The van der Waals surface area contributed by atoms with Crippen LogP contribution in [0.4, 0.5) is 0 Å². The van der Waals surface area contributed by atoms with E-state index in [2.05, 4.69) is 4.74 Å². The number of methoxy groups -OCH3 is 1. The molecule has 0 aliphatic heterocycles. The molecule has 1 rings (SSSR count). The van der Waals surface area contributed by atoms with Crippen LogP contribution in [-0.2, 0) is 19.0 Å². The molecule has 1 atom stereocenters. The van der Waals surface area contributed by atoms with E-state index < -0.39 is 22.2 Å². The van der Waals surface area contributed by atoms with E-state index in [0.717, 1.165) is 6.26 Å². The molecule has 0 N–H and O–H groups in total. The minimum absolute atomic E-state index is 0.405. The lowest BCUT2D eigenvalue weighted by atomic mass is 10.1. The van der Waals surface area contributed by atoms with Gasteiger partial charge in [-0.05, 0) is 24.6 Å². The third-order valence-electron chi connectivity index (χ3n) is 2.12. The van der Waals surface area contributed by atoms with Crippen LogP contribution in [0, 0.1) is 0 Å². The Kier molecular flexibility index (Phi) is 4.25. The number of carbonyl (C=O) groups is 1. The van der Waals surface area contributed by atoms with Gasteiger partial charge >= 0.3 is 5.97 Å². The van der Waals surface area contributed by atoms with Crippen LogP contribution in [0.1, 0.15) is 28.9 Å². The van der Waals surface area contributed by atoms with Crippen LogP contribution >= 0.6 is 0 Å². The molecular weight excluding hydrogens is 244 g/mol. The number of hydrogen-bond donors (Lipinski definition) is 0. The summed E-state index contributed by atoms with van der Waals surface area (Å²) in [5, 5.41) is 0. The molecule has 94 valence electrons. The third kappa shape index (κ3) is 4.16. The summed E-state index contributed by atoms with van der Waals surface area (Å²) in [5.41, 5.74) is 1.07. The molecule has 6 heteroatoms. The van der Waals surface area contributed by atoms with E-state index >= 15 is 0 Å². The van der Waals surface area contributed by atoms with E-state index in [4.69, 9.17) is 4.18 Å². The second-order valence-electron chi connectivity index (χ2n) is 3.56. The number of benzene rings is 1. The molecule has 17 heavy (non-hydrogen) atoms. The average Bonchev–Trinajstić information content (AvgIpc) is 2.26. The average molecular weight is 258 g/mol. The summed E-state index contributed by atoms with van der Waals surface area (Å²) in [4.78, 5) is 11.2. The van der Waals surface area contributed by atoms with Crippen LogP contribution in [0.3, 0.4) is 0 Å². The monoisotopic (exact) mass is 258 g/mol. The maximum Gasteiger partial charge on any atom is 0.337 e. The highest BCUT2D eigenvalue weighted by Crippen LogP contribution is 2.19. The lowest BCUT2D eigenvalue weighted by Crippen LogP contribution is -2.08. The Morgan fingerprint density at radius 2 is 1.76 bits per heavy atom. The first-order valence-corrected chi connectivity index (χ1v) is 6.71. The van der Waals surface area contributed by atoms with E-state index in [9.17, 15) is 13.2 Å². The minimum Gasteiger partial charge on any atom is -0.465 e. The summed E-state index contributed by atoms with van der Waals surface area (Å²) in [6.07, 6.45) is 0.406. The molecule has 0 aliphatic rings. The standard InChI is InChI=1S/C11H14O5S/c1-8(16-17(3,13)14)9-4-6-10(7-5-9)11(12)15-2/h4-8H,1-3H3. The fourth-order valence-corrected chi connectivity index (χ4v) is 1.96. The molecule has 0 amide bonds. The molecular formula is C11H14O5S. The Hall–Kier alpha value is -1.40. The van der Waals surface area contributed by atoms with Crippen LogP contribution < -0.4 is 0 Å². The van der Waals surface area contributed by atoms with Gasteiger partial charge in [-0.2, -0.15) is 8.42 Å². The van der Waals surface area contributed by atoms with Gasteiger partial charge in [-0.15, -0.1) is 0 Å². The van der Waals surface area contributed by atoms with E-state index in [-0.39, 0.29) is 0 Å². The smallest absolute Gasteiger partial charge is 0.337 e. The van der Waals surface area contributed by atoms with Crippen molar-refractivity contribution in [2.45, 2.75) is 13.0 Å². The van der Waals surface area contributed by atoms with Crippen molar-refractivity contribution < 1.29 is 22.1 Å². The molecule has 0 fully saturated rings. The lowest BCUT2D eigenvalue weighted by Gasteiger charge is -2.11. The van der Waals surface area contributed by atoms with E-state index in [1.165, 1.54) is 7.11 Å². The lowest BCUT2D eigenvalue weighted by molar-refractivity contribution is 0.0600. The predicted octanol–water partition coefficient (Wildman–Crippen LogP) is 1.51. The topological polar surface area (TPSA) is 69.7 Å². The number of rotatable bonds is 4. The molecule has 5 nitrogen and oxygen atoms in total. The molecule has 0 aromatic heterocycles. The van der Waals surface area contributed by atoms with Crippen molar-refractivity contribution in [1.82, 2.24) is 0 Å². The van der Waals surface area contributed by atoms with Crippen LogP contribution in [-0.4, -0.2) is 27.8 Å². The van der Waals surface area contributed by atoms with Crippen LogP contribution in [0.2, 0.25) is 0 Å². The van der Waals surface area contributed by atoms with Crippen molar-refractivity contribution >= 4 is 16.1 Å². The normalized spacial score (nSPS) is 13.1. The highest BCUT2D eigenvalue weighted by Gasteiger charge is 2.13. The molecule has 0 radical (unpaired) electrons. The van der Waals surface area contributed by atoms with E-state index in [1.807, 2.05) is 0 Å². The van der Waals surface area contributed by atoms with Gasteiger partial charge in [0, 0.05) is 0 Å². The SMILES string of the molecule is COC(=O)c1ccc(C(C)OS(C)(=O)=O)cc1. The Balaban J connectivity index is 2.84. The zero-order chi connectivity index (χ0) is 13.1. The van der Waals surface area contributed by atoms with Crippen molar-refractivity contribution in [3.8, 4) is 0 Å². The van der Waals surface area contributed by atoms with Gasteiger partial charge in [0.15, 0.2) is 0 Å². The maximum absolute atomic E-state index is 11.2. The first kappa shape index (κ1) is 13.7. The van der Waals surface area contributed by atoms with Crippen LogP contribution in [0.15, 0.2) is 24.3 Å². The van der Waals surface area contributed by atoms with Crippen molar-refractivity contribution in [2.75, 3.05) is 13.4 Å². The quantitative estimate of drug-likeness (QED) is 0.604. The summed E-state index contributed by atoms with van der Waals surface area (Å²) in [6, 6.07) is 6.37. The molecule has 0 bridgehead atoms. The summed E-state index contributed by atoms with van der Waals surface area (Å²) in [6.45, 7) is 1.62. The van der Waals surface area contributed by atoms with Crippen LogP contribution in [0.5, 0.6) is 0 Å². The molecule has 0 heterocycles. The predicted molar refractivity (Wildman–Crippen MR) is 62.1 cm³/mol. The molecule has 1 aromatic carbocycles. The van der Waals surface area contributed by atoms with E-state index in [1.54, 1.807) is 31.2 Å². The first-order chi connectivity index (χ1) is 7.83. The first-order valence-electron chi connectivity index (χ1n) is 4.90. The molecule has 0 aliphatic carbocycles. The summed E-state index contributed by atoms with van der Waals surface area (Å²) < 4.78 is 31.2. The van der Waals surface area contributed by atoms with Crippen molar-refractivity contribution in [1.29, 1.82) is 0 Å². The van der Waals surface area contributed by atoms with Gasteiger partial charge in [0.1, 0.15) is 0 Å². The summed E-state index contributed by atoms with van der Waals surface area (Å²) in [7, 11) is -2.20. The Morgan fingerprint density at radius 1 is 1.24 bits per heavy atom. The fourth-order valence-electron chi connectivity index (χ4n) is 1.33. The van der Waals surface area contributed by atoms with Gasteiger partial charge in [-0.3, -0.25) is 4.18 Å². The van der Waals surface area contributed by atoms with Crippen molar-refractivity contribution in [3.63, 3.8) is 0 Å². The maximum atomic E-state index is 11.2. The minimum atomic E-state index is -3.49. The second kappa shape index (κ2) is 5.29. The Morgan fingerprint density at radius 3 is 2.18 bits per heavy atom. The van der Waals surface area contributed by atoms with Crippen molar-refractivity contribution in [3.05, 3.63) is 35.4 Å². The zero-order valence-electron chi connectivity index (χ0n) is 9.84. The number of esters is 1. The number of hydrogen-bond acceptors (Lipinski definition) is 5. The van der Waals surface area contributed by atoms with Gasteiger partial charge in [0.25, 0.3) is 10.1 Å². The Bertz CT molecular complexity index is 489. The van der Waals surface area contributed by atoms with Crippen LogP contribution in [0.25, 0.3) is 0 Å². The van der Waals surface area contributed by atoms with Crippen molar-refractivity contribution in [2.24, 2.45) is 0 Å². The summed E-state index contributed by atoms with van der Waals surface area (Å²) >= 11 is 0. The van der Waals surface area contributed by atoms with Gasteiger partial charge in [-0.1, -0.05) is 12.1 Å². The molecule has 0 saturated heterocycles. The highest BCUT2D eigenvalue weighted by molar-refractivity contribution is 7.86. The fraction of sp³-hybridized carbons (Fsp3) is 0.364. The zero-order valence-corrected chi connectivity index (χ0v) is 10.7. The molecule has 0 saturated carbocycles. The van der Waals surface area contributed by atoms with Gasteiger partial charge in [0.2, 0.25) is 0 Å². The highest BCUT2D eigenvalue weighted by atomic mass is 32.2. The largest absolute Gasteiger partial charge is 0.465 e. The van der Waals surface area contributed by atoms with E-state index in [0.29, 0.717) is 11.1 Å².